The summed E-state index contributed by atoms with van der Waals surface area (Å²) in [5.41, 5.74) is 1.51. The van der Waals surface area contributed by atoms with Crippen molar-refractivity contribution in [3.8, 4) is 11.8 Å². The Balaban J connectivity index is 1.94. The lowest BCUT2D eigenvalue weighted by atomic mass is 9.96. The monoisotopic (exact) mass is 288 g/mol. The van der Waals surface area contributed by atoms with Gasteiger partial charge in [-0.25, -0.2) is 0 Å². The van der Waals surface area contributed by atoms with Gasteiger partial charge in [-0.3, -0.25) is 4.79 Å². The number of carbonyl (C=O) groups is 1. The molecular formula is C16H20N2O3. The minimum absolute atomic E-state index is 0.188. The second-order valence-corrected chi connectivity index (χ2v) is 5.41. The van der Waals surface area contributed by atoms with Crippen molar-refractivity contribution in [2.24, 2.45) is 11.8 Å². The van der Waals surface area contributed by atoms with Crippen LogP contribution in [0.25, 0.3) is 0 Å². The number of methoxy groups -OCH3 is 1. The molecule has 0 heterocycles. The van der Waals surface area contributed by atoms with Gasteiger partial charge < -0.3 is 15.2 Å². The first-order valence-corrected chi connectivity index (χ1v) is 7.16. The molecule has 5 heteroatoms. The van der Waals surface area contributed by atoms with Gasteiger partial charge in [0.15, 0.2) is 0 Å². The van der Waals surface area contributed by atoms with E-state index in [2.05, 4.69) is 11.4 Å². The smallest absolute Gasteiger partial charge is 0.306 e. The van der Waals surface area contributed by atoms with E-state index in [1.807, 2.05) is 0 Å². The Morgan fingerprint density at radius 3 is 3.00 bits per heavy atom. The van der Waals surface area contributed by atoms with Crippen LogP contribution in [0.5, 0.6) is 5.75 Å². The average Bonchev–Trinajstić information content (AvgIpc) is 2.95. The van der Waals surface area contributed by atoms with Gasteiger partial charge >= 0.3 is 5.97 Å². The molecule has 1 aliphatic rings. The molecule has 1 aromatic rings. The second kappa shape index (κ2) is 7.09. The van der Waals surface area contributed by atoms with Gasteiger partial charge in [-0.15, -0.1) is 0 Å². The van der Waals surface area contributed by atoms with Crippen LogP contribution >= 0.6 is 0 Å². The van der Waals surface area contributed by atoms with E-state index < -0.39 is 5.97 Å². The lowest BCUT2D eigenvalue weighted by Crippen LogP contribution is -2.28. The summed E-state index contributed by atoms with van der Waals surface area (Å²) in [4.78, 5) is 11.1. The number of rotatable bonds is 6. The van der Waals surface area contributed by atoms with Crippen LogP contribution in [0.3, 0.4) is 0 Å². The van der Waals surface area contributed by atoms with E-state index >= 15 is 0 Å². The van der Waals surface area contributed by atoms with Gasteiger partial charge in [0, 0.05) is 12.1 Å². The van der Waals surface area contributed by atoms with Crippen molar-refractivity contribution >= 4 is 5.97 Å². The van der Waals surface area contributed by atoms with Crippen molar-refractivity contribution in [3.63, 3.8) is 0 Å². The number of ether oxygens (including phenoxy) is 1. The zero-order valence-corrected chi connectivity index (χ0v) is 12.1. The number of nitrogens with one attached hydrogen (secondary N) is 1. The van der Waals surface area contributed by atoms with Crippen molar-refractivity contribution in [1.82, 2.24) is 5.32 Å². The molecule has 0 aromatic heterocycles. The maximum absolute atomic E-state index is 11.1. The first-order valence-electron chi connectivity index (χ1n) is 7.16. The highest BCUT2D eigenvalue weighted by atomic mass is 16.5. The second-order valence-electron chi connectivity index (χ2n) is 5.41. The number of nitrogens with zero attached hydrogens (tertiary/aromatic N) is 1. The topological polar surface area (TPSA) is 82.3 Å². The van der Waals surface area contributed by atoms with Crippen LogP contribution in [0, 0.1) is 23.2 Å². The normalized spacial score (nSPS) is 21.0. The minimum Gasteiger partial charge on any atom is -0.496 e. The Morgan fingerprint density at radius 1 is 1.52 bits per heavy atom. The van der Waals surface area contributed by atoms with Gasteiger partial charge in [-0.05, 0) is 43.5 Å². The van der Waals surface area contributed by atoms with Gasteiger partial charge in [0.05, 0.1) is 24.7 Å². The zero-order chi connectivity index (χ0) is 15.2. The molecule has 0 spiro atoms. The predicted octanol–water partition coefficient (Wildman–Crippen LogP) is 2.16. The summed E-state index contributed by atoms with van der Waals surface area (Å²) in [5, 5.41) is 21.4. The summed E-state index contributed by atoms with van der Waals surface area (Å²) in [6.45, 7) is 1.25. The molecule has 1 aliphatic carbocycles. The molecule has 5 nitrogen and oxygen atoms in total. The largest absolute Gasteiger partial charge is 0.496 e. The lowest BCUT2D eigenvalue weighted by molar-refractivity contribution is -0.142. The summed E-state index contributed by atoms with van der Waals surface area (Å²) in [6, 6.07) is 7.42. The summed E-state index contributed by atoms with van der Waals surface area (Å²) >= 11 is 0. The summed E-state index contributed by atoms with van der Waals surface area (Å²) in [7, 11) is 1.60. The molecule has 0 saturated heterocycles. The highest BCUT2D eigenvalue weighted by Gasteiger charge is 2.32. The third-order valence-electron chi connectivity index (χ3n) is 4.11. The fraction of sp³-hybridized carbons (Fsp3) is 0.500. The van der Waals surface area contributed by atoms with Gasteiger partial charge in [0.1, 0.15) is 5.75 Å². The SMILES string of the molecule is COc1ccc(C#N)cc1CNCC1CCCC1C(=O)O. The molecule has 2 atom stereocenters. The summed E-state index contributed by atoms with van der Waals surface area (Å²) < 4.78 is 5.28. The maximum Gasteiger partial charge on any atom is 0.306 e. The third kappa shape index (κ3) is 3.73. The van der Waals surface area contributed by atoms with Crippen molar-refractivity contribution in [3.05, 3.63) is 29.3 Å². The number of aliphatic carboxylic acids is 1. The summed E-state index contributed by atoms with van der Waals surface area (Å²) in [6.07, 6.45) is 2.71. The van der Waals surface area contributed by atoms with E-state index in [0.29, 0.717) is 18.7 Å². The highest BCUT2D eigenvalue weighted by Crippen LogP contribution is 2.31. The number of benzene rings is 1. The average molecular weight is 288 g/mol. The Bertz CT molecular complexity index is 551. The van der Waals surface area contributed by atoms with E-state index in [1.165, 1.54) is 0 Å². The molecule has 0 amide bonds. The lowest BCUT2D eigenvalue weighted by Gasteiger charge is -2.17. The Labute approximate surface area is 124 Å². The summed E-state index contributed by atoms with van der Waals surface area (Å²) in [5.74, 6) is 0.00328. The van der Waals surface area contributed by atoms with Crippen LogP contribution in [0.1, 0.15) is 30.4 Å². The van der Waals surface area contributed by atoms with E-state index in [0.717, 1.165) is 30.6 Å². The predicted molar refractivity (Wildman–Crippen MR) is 77.9 cm³/mol. The van der Waals surface area contributed by atoms with E-state index in [-0.39, 0.29) is 11.8 Å². The molecule has 1 aromatic carbocycles. The zero-order valence-electron chi connectivity index (χ0n) is 12.1. The fourth-order valence-electron chi connectivity index (χ4n) is 2.98. The number of hydrogen-bond donors (Lipinski definition) is 2. The molecule has 1 fully saturated rings. The van der Waals surface area contributed by atoms with Gasteiger partial charge in [0.2, 0.25) is 0 Å². The van der Waals surface area contributed by atoms with Gasteiger partial charge in [-0.1, -0.05) is 6.42 Å². The molecule has 2 unspecified atom stereocenters. The molecule has 2 rings (SSSR count). The quantitative estimate of drug-likeness (QED) is 0.838. The molecule has 21 heavy (non-hydrogen) atoms. The Morgan fingerprint density at radius 2 is 2.33 bits per heavy atom. The number of carboxylic acid groups (broad SMARTS) is 1. The van der Waals surface area contributed by atoms with Crippen LogP contribution in [0.4, 0.5) is 0 Å². The number of carboxylic acids is 1. The van der Waals surface area contributed by atoms with Crippen molar-refractivity contribution in [2.45, 2.75) is 25.8 Å². The molecule has 0 aliphatic heterocycles. The molecule has 1 saturated carbocycles. The fourth-order valence-corrected chi connectivity index (χ4v) is 2.98. The third-order valence-corrected chi connectivity index (χ3v) is 4.11. The van der Waals surface area contributed by atoms with Crippen molar-refractivity contribution in [2.75, 3.05) is 13.7 Å². The first-order chi connectivity index (χ1) is 10.2. The van der Waals surface area contributed by atoms with Gasteiger partial charge in [-0.2, -0.15) is 5.26 Å². The van der Waals surface area contributed by atoms with Gasteiger partial charge in [0.25, 0.3) is 0 Å². The van der Waals surface area contributed by atoms with E-state index in [1.54, 1.807) is 25.3 Å². The minimum atomic E-state index is -0.691. The van der Waals surface area contributed by atoms with Crippen LogP contribution < -0.4 is 10.1 Å². The molecule has 112 valence electrons. The molecule has 0 bridgehead atoms. The van der Waals surface area contributed by atoms with Crippen LogP contribution in [-0.2, 0) is 11.3 Å². The Hall–Kier alpha value is -2.06. The number of nitriles is 1. The van der Waals surface area contributed by atoms with Crippen molar-refractivity contribution in [1.29, 1.82) is 5.26 Å². The molecule has 0 radical (unpaired) electrons. The first kappa shape index (κ1) is 15.3. The molecular weight excluding hydrogens is 268 g/mol. The van der Waals surface area contributed by atoms with Crippen LogP contribution in [0.2, 0.25) is 0 Å². The van der Waals surface area contributed by atoms with Crippen molar-refractivity contribution < 1.29 is 14.6 Å². The maximum atomic E-state index is 11.1. The number of hydrogen-bond acceptors (Lipinski definition) is 4. The Kier molecular flexibility index (Phi) is 5.18. The van der Waals surface area contributed by atoms with E-state index in [9.17, 15) is 4.79 Å². The highest BCUT2D eigenvalue weighted by molar-refractivity contribution is 5.70. The standard InChI is InChI=1S/C16H20N2O3/c1-21-15-6-5-11(8-17)7-13(15)10-18-9-12-3-2-4-14(12)16(19)20/h5-7,12,14,18H,2-4,9-10H2,1H3,(H,19,20). The molecule has 2 N–H and O–H groups in total. The van der Waals surface area contributed by atoms with Crippen LogP contribution in [0.15, 0.2) is 18.2 Å². The van der Waals surface area contributed by atoms with E-state index in [4.69, 9.17) is 15.1 Å². The van der Waals surface area contributed by atoms with Crippen LogP contribution in [-0.4, -0.2) is 24.7 Å².